The van der Waals surface area contributed by atoms with E-state index in [-0.39, 0.29) is 23.8 Å². The molecule has 0 radical (unpaired) electrons. The second-order valence-electron chi connectivity index (χ2n) is 9.42. The van der Waals surface area contributed by atoms with Crippen molar-refractivity contribution in [2.75, 3.05) is 13.2 Å². The van der Waals surface area contributed by atoms with Crippen LogP contribution in [-0.4, -0.2) is 45.4 Å². The molecule has 3 N–H and O–H groups in total. The molecule has 6 rings (SSSR count). The lowest BCUT2D eigenvalue weighted by Crippen LogP contribution is -2.41. The summed E-state index contributed by atoms with van der Waals surface area (Å²) in [5.41, 5.74) is 10.6. The molecule has 0 atom stereocenters. The summed E-state index contributed by atoms with van der Waals surface area (Å²) in [4.78, 5) is 21.1. The number of aromatic nitrogens is 4. The Hall–Kier alpha value is -3.52. The number of aromatic amines is 1. The number of pyridine rings is 2. The Morgan fingerprint density at radius 1 is 1.18 bits per heavy atom. The lowest BCUT2D eigenvalue weighted by atomic mass is 9.82. The number of nitrogens with two attached hydrogens (primary N) is 1. The van der Waals surface area contributed by atoms with E-state index >= 15 is 0 Å². The largest absolute Gasteiger partial charge is 0.474 e. The van der Waals surface area contributed by atoms with Crippen molar-refractivity contribution in [1.82, 2.24) is 20.2 Å². The predicted molar refractivity (Wildman–Crippen MR) is 128 cm³/mol. The Morgan fingerprint density at radius 2 is 2.00 bits per heavy atom. The summed E-state index contributed by atoms with van der Waals surface area (Å²) in [6, 6.07) is 8.40. The van der Waals surface area contributed by atoms with E-state index in [1.165, 1.54) is 0 Å². The third kappa shape index (κ3) is 3.68. The van der Waals surface area contributed by atoms with Gasteiger partial charge in [-0.3, -0.25) is 14.9 Å². The second kappa shape index (κ2) is 8.36. The Balaban J connectivity index is 1.56. The van der Waals surface area contributed by atoms with Gasteiger partial charge in [0, 0.05) is 53.3 Å². The van der Waals surface area contributed by atoms with Crippen LogP contribution in [0.15, 0.2) is 36.7 Å². The summed E-state index contributed by atoms with van der Waals surface area (Å²) in [6.07, 6.45) is 6.71. The van der Waals surface area contributed by atoms with Gasteiger partial charge in [0.15, 0.2) is 0 Å². The molecule has 8 nitrogen and oxygen atoms in total. The number of nitrogens with one attached hydrogen (secondary N) is 1. The highest BCUT2D eigenvalue weighted by atomic mass is 16.5. The Kier molecular flexibility index (Phi) is 5.17. The average molecular weight is 458 g/mol. The number of H-pyrrole nitrogens is 1. The van der Waals surface area contributed by atoms with Crippen molar-refractivity contribution in [1.29, 1.82) is 0 Å². The lowest BCUT2D eigenvalue weighted by molar-refractivity contribution is -0.127. The number of primary amides is 1. The number of fused-ring (bicyclic) bond motifs is 2. The van der Waals surface area contributed by atoms with Crippen molar-refractivity contribution in [2.45, 2.75) is 44.6 Å². The van der Waals surface area contributed by atoms with Gasteiger partial charge in [0.25, 0.3) is 0 Å². The van der Waals surface area contributed by atoms with E-state index in [1.54, 1.807) is 0 Å². The van der Waals surface area contributed by atoms with Crippen LogP contribution in [0.1, 0.15) is 43.0 Å². The minimum atomic E-state index is -0.261. The van der Waals surface area contributed by atoms with Crippen molar-refractivity contribution >= 4 is 27.6 Å². The molecular formula is C26H27N5O3. The smallest absolute Gasteiger partial charge is 0.221 e. The molecule has 1 aromatic carbocycles. The van der Waals surface area contributed by atoms with E-state index in [2.05, 4.69) is 39.4 Å². The fourth-order valence-electron chi connectivity index (χ4n) is 5.15. The Labute approximate surface area is 196 Å². The lowest BCUT2D eigenvalue weighted by Gasteiger charge is -2.33. The molecule has 0 unspecified atom stereocenters. The maximum absolute atomic E-state index is 11.5. The third-order valence-corrected chi connectivity index (χ3v) is 7.13. The quantitative estimate of drug-likeness (QED) is 0.468. The average Bonchev–Trinajstić information content (AvgIpc) is 3.27. The molecule has 1 aliphatic carbocycles. The summed E-state index contributed by atoms with van der Waals surface area (Å²) >= 11 is 0. The van der Waals surface area contributed by atoms with E-state index in [0.29, 0.717) is 18.7 Å². The van der Waals surface area contributed by atoms with Gasteiger partial charge in [0.1, 0.15) is 6.10 Å². The predicted octanol–water partition coefficient (Wildman–Crippen LogP) is 4.02. The second-order valence-corrected chi connectivity index (χ2v) is 9.42. The number of hydrogen-bond donors (Lipinski definition) is 2. The molecular weight excluding hydrogens is 430 g/mol. The molecule has 1 saturated carbocycles. The molecule has 1 amide bonds. The van der Waals surface area contributed by atoms with Crippen LogP contribution in [0.2, 0.25) is 0 Å². The first-order chi connectivity index (χ1) is 16.6. The highest BCUT2D eigenvalue weighted by molar-refractivity contribution is 6.06. The molecule has 2 fully saturated rings. The number of carbonyl (C=O) groups is 1. The monoisotopic (exact) mass is 457 g/mol. The van der Waals surface area contributed by atoms with Crippen LogP contribution in [0.25, 0.3) is 32.8 Å². The third-order valence-electron chi connectivity index (χ3n) is 7.13. The number of nitrogens with zero attached hydrogens (tertiary/aromatic N) is 3. The Bertz CT molecular complexity index is 1390. The fourth-order valence-corrected chi connectivity index (χ4v) is 5.15. The van der Waals surface area contributed by atoms with Crippen LogP contribution in [0, 0.1) is 12.8 Å². The molecule has 174 valence electrons. The molecule has 1 saturated heterocycles. The maximum atomic E-state index is 11.5. The molecule has 34 heavy (non-hydrogen) atoms. The molecule has 4 heterocycles. The van der Waals surface area contributed by atoms with E-state index in [9.17, 15) is 4.79 Å². The number of carbonyl (C=O) groups excluding carboxylic acids is 1. The minimum Gasteiger partial charge on any atom is -0.474 e. The Morgan fingerprint density at radius 3 is 2.76 bits per heavy atom. The molecule has 1 aliphatic heterocycles. The number of amides is 1. The standard InChI is InChI=1S/C26H27N5O3/c1-14-8-16(2-5-28-14)23-20-11-18-13-29-31-22(18)12-21(20)26(34-19-9-17(10-19)25(27)32)30-24(23)15-3-6-33-7-4-15/h2,5,8,11-13,15,17,19H,3-4,6-7,9-10H2,1H3,(H2,27,32)(H,29,31). The number of aryl methyl sites for hydroxylation is 1. The molecule has 0 bridgehead atoms. The van der Waals surface area contributed by atoms with E-state index in [0.717, 1.165) is 70.2 Å². The van der Waals surface area contributed by atoms with Crippen LogP contribution in [-0.2, 0) is 9.53 Å². The van der Waals surface area contributed by atoms with Crippen LogP contribution in [0.3, 0.4) is 0 Å². The van der Waals surface area contributed by atoms with Gasteiger partial charge in [-0.15, -0.1) is 0 Å². The molecule has 3 aromatic heterocycles. The molecule has 2 aliphatic rings. The summed E-state index contributed by atoms with van der Waals surface area (Å²) in [7, 11) is 0. The van der Waals surface area contributed by atoms with Gasteiger partial charge in [-0.25, -0.2) is 4.98 Å². The van der Waals surface area contributed by atoms with E-state index < -0.39 is 0 Å². The van der Waals surface area contributed by atoms with Crippen LogP contribution >= 0.6 is 0 Å². The van der Waals surface area contributed by atoms with E-state index in [1.807, 2.05) is 19.3 Å². The number of hydrogen-bond acceptors (Lipinski definition) is 6. The van der Waals surface area contributed by atoms with Gasteiger partial charge in [-0.1, -0.05) is 0 Å². The highest BCUT2D eigenvalue weighted by Gasteiger charge is 2.36. The summed E-state index contributed by atoms with van der Waals surface area (Å²) in [6.45, 7) is 3.45. The van der Waals surface area contributed by atoms with Gasteiger partial charge >= 0.3 is 0 Å². The zero-order valence-electron chi connectivity index (χ0n) is 19.1. The van der Waals surface area contributed by atoms with Gasteiger partial charge in [-0.2, -0.15) is 5.10 Å². The van der Waals surface area contributed by atoms with Crippen LogP contribution in [0.5, 0.6) is 5.88 Å². The molecule has 0 spiro atoms. The van der Waals surface area contributed by atoms with Crippen molar-refractivity contribution in [3.63, 3.8) is 0 Å². The maximum Gasteiger partial charge on any atom is 0.221 e. The SMILES string of the molecule is Cc1cc(-c2c(C3CCOCC3)nc(OC3CC(C(N)=O)C3)c3cc4[nH]ncc4cc23)ccn1. The van der Waals surface area contributed by atoms with Crippen molar-refractivity contribution in [3.05, 3.63) is 48.0 Å². The fraction of sp³-hybridized carbons (Fsp3) is 0.385. The van der Waals surface area contributed by atoms with Gasteiger partial charge < -0.3 is 15.2 Å². The zero-order valence-corrected chi connectivity index (χ0v) is 19.1. The topological polar surface area (TPSA) is 116 Å². The summed E-state index contributed by atoms with van der Waals surface area (Å²) in [5.74, 6) is 0.493. The molecule has 4 aromatic rings. The first-order valence-corrected chi connectivity index (χ1v) is 11.8. The number of ether oxygens (including phenoxy) is 2. The highest BCUT2D eigenvalue weighted by Crippen LogP contribution is 2.43. The van der Waals surface area contributed by atoms with Gasteiger partial charge in [0.2, 0.25) is 11.8 Å². The van der Waals surface area contributed by atoms with Gasteiger partial charge in [-0.05, 0) is 67.8 Å². The number of rotatable bonds is 5. The molecule has 8 heteroatoms. The van der Waals surface area contributed by atoms with Crippen LogP contribution in [0.4, 0.5) is 0 Å². The first-order valence-electron chi connectivity index (χ1n) is 11.8. The summed E-state index contributed by atoms with van der Waals surface area (Å²) < 4.78 is 12.1. The van der Waals surface area contributed by atoms with Gasteiger partial charge in [0.05, 0.1) is 17.4 Å². The van der Waals surface area contributed by atoms with Crippen LogP contribution < -0.4 is 10.5 Å². The minimum absolute atomic E-state index is 0.0674. The zero-order chi connectivity index (χ0) is 23.2. The van der Waals surface area contributed by atoms with Crippen molar-refractivity contribution in [2.24, 2.45) is 11.7 Å². The van der Waals surface area contributed by atoms with E-state index in [4.69, 9.17) is 20.2 Å². The normalized spacial score (nSPS) is 21.0. The van der Waals surface area contributed by atoms with Crippen molar-refractivity contribution in [3.8, 4) is 17.0 Å². The first kappa shape index (κ1) is 21.0. The summed E-state index contributed by atoms with van der Waals surface area (Å²) in [5, 5.41) is 10.3. The van der Waals surface area contributed by atoms with Crippen molar-refractivity contribution < 1.29 is 14.3 Å². The number of benzene rings is 1.